The van der Waals surface area contributed by atoms with Gasteiger partial charge < -0.3 is 15.8 Å². The molecule has 2 unspecified atom stereocenters. The number of fused-ring (bicyclic) bond motifs is 1. The van der Waals surface area contributed by atoms with Gasteiger partial charge in [-0.15, -0.1) is 11.3 Å². The Kier molecular flexibility index (Phi) is 5.54. The number of methoxy groups -OCH3 is 1. The SMILES string of the molecule is COCC(N)C(=O)NCC(C)N1CCc2sccc2C1. The van der Waals surface area contributed by atoms with E-state index in [4.69, 9.17) is 10.5 Å². The highest BCUT2D eigenvalue weighted by atomic mass is 32.1. The molecule has 0 bridgehead atoms. The van der Waals surface area contributed by atoms with Gasteiger partial charge in [-0.05, 0) is 30.4 Å². The lowest BCUT2D eigenvalue weighted by atomic mass is 10.1. The molecule has 0 spiro atoms. The van der Waals surface area contributed by atoms with Gasteiger partial charge in [0.15, 0.2) is 0 Å². The van der Waals surface area contributed by atoms with E-state index < -0.39 is 6.04 Å². The third kappa shape index (κ3) is 3.79. The molecule has 2 heterocycles. The Balaban J connectivity index is 1.78. The molecule has 5 nitrogen and oxygen atoms in total. The molecule has 0 radical (unpaired) electrons. The fourth-order valence-corrected chi connectivity index (χ4v) is 3.30. The maximum Gasteiger partial charge on any atom is 0.239 e. The lowest BCUT2D eigenvalue weighted by Gasteiger charge is -2.32. The molecule has 20 heavy (non-hydrogen) atoms. The molecule has 1 aromatic rings. The molecule has 0 saturated carbocycles. The molecule has 3 N–H and O–H groups in total. The van der Waals surface area contributed by atoms with E-state index in [9.17, 15) is 4.79 Å². The van der Waals surface area contributed by atoms with Gasteiger partial charge >= 0.3 is 0 Å². The molecule has 2 atom stereocenters. The van der Waals surface area contributed by atoms with Crippen molar-refractivity contribution in [2.45, 2.75) is 32.0 Å². The van der Waals surface area contributed by atoms with Crippen LogP contribution in [0.1, 0.15) is 17.4 Å². The minimum Gasteiger partial charge on any atom is -0.383 e. The molecule has 0 aromatic carbocycles. The Morgan fingerprint density at radius 3 is 3.20 bits per heavy atom. The lowest BCUT2D eigenvalue weighted by molar-refractivity contribution is -0.123. The number of nitrogens with zero attached hydrogens (tertiary/aromatic N) is 1. The summed E-state index contributed by atoms with van der Waals surface area (Å²) < 4.78 is 4.88. The van der Waals surface area contributed by atoms with E-state index >= 15 is 0 Å². The molecular formula is C14H23N3O2S. The number of hydrogen-bond acceptors (Lipinski definition) is 5. The summed E-state index contributed by atoms with van der Waals surface area (Å²) in [7, 11) is 1.54. The highest BCUT2D eigenvalue weighted by molar-refractivity contribution is 7.10. The van der Waals surface area contributed by atoms with E-state index in [1.54, 1.807) is 7.11 Å². The molecule has 0 fully saturated rings. The fraction of sp³-hybridized carbons (Fsp3) is 0.643. The van der Waals surface area contributed by atoms with Gasteiger partial charge in [0.1, 0.15) is 6.04 Å². The Labute approximate surface area is 124 Å². The highest BCUT2D eigenvalue weighted by Crippen LogP contribution is 2.24. The Morgan fingerprint density at radius 1 is 1.65 bits per heavy atom. The summed E-state index contributed by atoms with van der Waals surface area (Å²) in [6.45, 7) is 5.03. The second kappa shape index (κ2) is 7.17. The highest BCUT2D eigenvalue weighted by Gasteiger charge is 2.22. The van der Waals surface area contributed by atoms with Crippen molar-refractivity contribution in [3.8, 4) is 0 Å². The summed E-state index contributed by atoms with van der Waals surface area (Å²) in [5, 5.41) is 5.06. The van der Waals surface area contributed by atoms with Crippen LogP contribution < -0.4 is 11.1 Å². The first-order valence-electron chi connectivity index (χ1n) is 6.93. The first-order chi connectivity index (χ1) is 9.61. The van der Waals surface area contributed by atoms with Crippen LogP contribution in [0.25, 0.3) is 0 Å². The number of nitrogens with two attached hydrogens (primary N) is 1. The summed E-state index contributed by atoms with van der Waals surface area (Å²) in [5.41, 5.74) is 7.12. The average molecular weight is 297 g/mol. The van der Waals surface area contributed by atoms with Crippen LogP contribution in [0.3, 0.4) is 0 Å². The van der Waals surface area contributed by atoms with Crippen molar-refractivity contribution in [2.24, 2.45) is 5.73 Å². The van der Waals surface area contributed by atoms with Gasteiger partial charge in [-0.25, -0.2) is 0 Å². The van der Waals surface area contributed by atoms with Gasteiger partial charge in [0.2, 0.25) is 5.91 Å². The summed E-state index contributed by atoms with van der Waals surface area (Å²) in [5.74, 6) is -0.146. The summed E-state index contributed by atoms with van der Waals surface area (Å²) in [6.07, 6.45) is 1.11. The van der Waals surface area contributed by atoms with E-state index in [1.165, 1.54) is 10.4 Å². The zero-order valence-corrected chi connectivity index (χ0v) is 12.9. The first kappa shape index (κ1) is 15.4. The molecule has 1 aliphatic rings. The van der Waals surface area contributed by atoms with E-state index in [0.717, 1.165) is 19.5 Å². The van der Waals surface area contributed by atoms with Crippen molar-refractivity contribution in [1.82, 2.24) is 10.2 Å². The van der Waals surface area contributed by atoms with Gasteiger partial charge in [0, 0.05) is 37.7 Å². The molecule has 2 rings (SSSR count). The van der Waals surface area contributed by atoms with Crippen LogP contribution in [-0.4, -0.2) is 49.7 Å². The summed E-state index contributed by atoms with van der Waals surface area (Å²) >= 11 is 1.84. The van der Waals surface area contributed by atoms with Gasteiger partial charge in [-0.1, -0.05) is 0 Å². The van der Waals surface area contributed by atoms with Crippen molar-refractivity contribution in [3.05, 3.63) is 21.9 Å². The molecule has 1 aromatic heterocycles. The van der Waals surface area contributed by atoms with Crippen LogP contribution in [0.2, 0.25) is 0 Å². The molecule has 0 saturated heterocycles. The number of amides is 1. The summed E-state index contributed by atoms with van der Waals surface area (Å²) in [6, 6.07) is 1.92. The van der Waals surface area contributed by atoms with Crippen molar-refractivity contribution >= 4 is 17.2 Å². The summed E-state index contributed by atoms with van der Waals surface area (Å²) in [4.78, 5) is 15.6. The predicted octanol–water partition coefficient (Wildman–Crippen LogP) is 0.585. The number of rotatable bonds is 6. The van der Waals surface area contributed by atoms with Crippen LogP contribution >= 0.6 is 11.3 Å². The van der Waals surface area contributed by atoms with Crippen LogP contribution in [0, 0.1) is 0 Å². The maximum absolute atomic E-state index is 11.7. The topological polar surface area (TPSA) is 67.6 Å². The van der Waals surface area contributed by atoms with Gasteiger partial charge in [0.05, 0.1) is 6.61 Å². The Bertz CT molecular complexity index is 449. The smallest absolute Gasteiger partial charge is 0.239 e. The number of ether oxygens (including phenoxy) is 1. The lowest BCUT2D eigenvalue weighted by Crippen LogP contribution is -2.49. The molecule has 112 valence electrons. The van der Waals surface area contributed by atoms with Gasteiger partial charge in [0.25, 0.3) is 0 Å². The molecule has 1 amide bonds. The van der Waals surface area contributed by atoms with Crippen molar-refractivity contribution in [2.75, 3.05) is 26.8 Å². The standard InChI is InChI=1S/C14H23N3O2S/c1-10(7-16-14(18)12(15)9-19-2)17-5-3-13-11(8-17)4-6-20-13/h4,6,10,12H,3,5,7-9,15H2,1-2H3,(H,16,18). The number of hydrogen-bond donors (Lipinski definition) is 2. The van der Waals surface area contributed by atoms with Crippen molar-refractivity contribution in [1.29, 1.82) is 0 Å². The van der Waals surface area contributed by atoms with Crippen molar-refractivity contribution < 1.29 is 9.53 Å². The monoisotopic (exact) mass is 297 g/mol. The zero-order valence-electron chi connectivity index (χ0n) is 12.1. The fourth-order valence-electron chi connectivity index (χ4n) is 2.41. The average Bonchev–Trinajstić information content (AvgIpc) is 2.91. The van der Waals surface area contributed by atoms with Crippen LogP contribution in [0.5, 0.6) is 0 Å². The number of carbonyl (C=O) groups is 1. The number of carbonyl (C=O) groups excluding carboxylic acids is 1. The van der Waals surface area contributed by atoms with E-state index in [1.807, 2.05) is 11.3 Å². The van der Waals surface area contributed by atoms with E-state index in [-0.39, 0.29) is 12.5 Å². The molecule has 0 aliphatic carbocycles. The van der Waals surface area contributed by atoms with Crippen LogP contribution in [0.4, 0.5) is 0 Å². The molecule has 1 aliphatic heterocycles. The second-order valence-corrected chi connectivity index (χ2v) is 6.25. The molecule has 6 heteroatoms. The van der Waals surface area contributed by atoms with Crippen molar-refractivity contribution in [3.63, 3.8) is 0 Å². The number of thiophene rings is 1. The van der Waals surface area contributed by atoms with Crippen LogP contribution in [-0.2, 0) is 22.5 Å². The third-order valence-electron chi connectivity index (χ3n) is 3.72. The van der Waals surface area contributed by atoms with Gasteiger partial charge in [-0.3, -0.25) is 9.69 Å². The maximum atomic E-state index is 11.7. The van der Waals surface area contributed by atoms with Gasteiger partial charge in [-0.2, -0.15) is 0 Å². The first-order valence-corrected chi connectivity index (χ1v) is 7.81. The largest absolute Gasteiger partial charge is 0.383 e. The zero-order chi connectivity index (χ0) is 14.5. The Morgan fingerprint density at radius 2 is 2.45 bits per heavy atom. The third-order valence-corrected chi connectivity index (χ3v) is 4.74. The predicted molar refractivity (Wildman–Crippen MR) is 80.8 cm³/mol. The quantitative estimate of drug-likeness (QED) is 0.806. The minimum atomic E-state index is -0.586. The molecular weight excluding hydrogens is 274 g/mol. The minimum absolute atomic E-state index is 0.146. The normalized spacial score (nSPS) is 18.4. The van der Waals surface area contributed by atoms with E-state index in [2.05, 4.69) is 28.6 Å². The van der Waals surface area contributed by atoms with Crippen LogP contribution in [0.15, 0.2) is 11.4 Å². The number of nitrogens with one attached hydrogen (secondary N) is 1. The Hall–Kier alpha value is -0.950. The van der Waals surface area contributed by atoms with E-state index in [0.29, 0.717) is 12.6 Å². The second-order valence-electron chi connectivity index (χ2n) is 5.25.